The molecule has 1 aromatic heterocycles. The summed E-state index contributed by atoms with van der Waals surface area (Å²) in [6, 6.07) is 0. The number of hydrogen-bond donors (Lipinski definition) is 1. The smallest absolute Gasteiger partial charge is 0.306 e. The molecule has 8 nitrogen and oxygen atoms in total. The second kappa shape index (κ2) is 6.17. The van der Waals surface area contributed by atoms with Crippen LogP contribution in [0.3, 0.4) is 0 Å². The lowest BCUT2D eigenvalue weighted by Gasteiger charge is -2.62. The van der Waals surface area contributed by atoms with E-state index in [-0.39, 0.29) is 16.6 Å². The number of nitro groups is 1. The molecule has 1 aliphatic heterocycles. The molecule has 0 bridgehead atoms. The van der Waals surface area contributed by atoms with Crippen molar-refractivity contribution in [3.05, 3.63) is 22.5 Å². The van der Waals surface area contributed by atoms with Gasteiger partial charge in [-0.2, -0.15) is 5.10 Å². The zero-order chi connectivity index (χ0) is 17.3. The molecule has 23 heavy (non-hydrogen) atoms. The molecule has 8 heteroatoms. The van der Waals surface area contributed by atoms with E-state index in [0.717, 1.165) is 19.0 Å². The van der Waals surface area contributed by atoms with Crippen LogP contribution in [0.4, 0.5) is 5.69 Å². The fourth-order valence-corrected chi connectivity index (χ4v) is 2.62. The van der Waals surface area contributed by atoms with E-state index in [1.54, 1.807) is 4.68 Å². The third-order valence-electron chi connectivity index (χ3n) is 4.90. The van der Waals surface area contributed by atoms with Crippen molar-refractivity contribution >= 4 is 11.6 Å². The highest BCUT2D eigenvalue weighted by Gasteiger charge is 2.53. The summed E-state index contributed by atoms with van der Waals surface area (Å²) in [6.45, 7) is 13.8. The molecule has 1 aromatic rings. The van der Waals surface area contributed by atoms with Crippen LogP contribution in [0.25, 0.3) is 0 Å². The third-order valence-corrected chi connectivity index (χ3v) is 4.90. The highest BCUT2D eigenvalue weighted by Crippen LogP contribution is 2.46. The van der Waals surface area contributed by atoms with Crippen LogP contribution < -0.4 is 5.32 Å². The van der Waals surface area contributed by atoms with Gasteiger partial charge in [0.05, 0.1) is 18.0 Å². The van der Waals surface area contributed by atoms with E-state index in [1.165, 1.54) is 12.4 Å². The van der Waals surface area contributed by atoms with Crippen LogP contribution in [0.1, 0.15) is 34.6 Å². The summed E-state index contributed by atoms with van der Waals surface area (Å²) < 4.78 is 1.55. The van der Waals surface area contributed by atoms with Crippen molar-refractivity contribution in [3.8, 4) is 0 Å². The average Bonchev–Trinajstić information content (AvgIpc) is 2.93. The lowest BCUT2D eigenvalue weighted by Crippen LogP contribution is -2.72. The van der Waals surface area contributed by atoms with Gasteiger partial charge in [0.15, 0.2) is 5.96 Å². The number of hydrogen-bond acceptors (Lipinski definition) is 4. The van der Waals surface area contributed by atoms with Crippen LogP contribution >= 0.6 is 0 Å². The molecule has 0 aromatic carbocycles. The van der Waals surface area contributed by atoms with E-state index in [4.69, 9.17) is 0 Å². The highest BCUT2D eigenvalue weighted by molar-refractivity contribution is 5.82. The number of likely N-dealkylation sites (tertiary alicyclic amines) is 1. The number of rotatable bonds is 5. The Hall–Kier alpha value is -2.12. The quantitative estimate of drug-likeness (QED) is 0.387. The predicted octanol–water partition coefficient (Wildman–Crippen LogP) is 1.88. The maximum Gasteiger partial charge on any atom is 0.306 e. The van der Waals surface area contributed by atoms with E-state index >= 15 is 0 Å². The van der Waals surface area contributed by atoms with Gasteiger partial charge in [-0.1, -0.05) is 13.8 Å². The standard InChI is InChI=1S/C15H26N6O2/c1-6-16-13(20-11-14(2,3)15(20,4)5)17-7-8-19-10-12(9-18-19)21(22)23/h9-10H,6-8,11H2,1-5H3,(H,16,17). The molecule has 0 amide bonds. The molecule has 0 unspecified atom stereocenters. The van der Waals surface area contributed by atoms with Crippen molar-refractivity contribution in [1.82, 2.24) is 20.0 Å². The van der Waals surface area contributed by atoms with E-state index in [0.29, 0.717) is 13.1 Å². The Morgan fingerprint density at radius 2 is 2.17 bits per heavy atom. The molecular formula is C15H26N6O2. The van der Waals surface area contributed by atoms with Gasteiger partial charge in [-0.15, -0.1) is 0 Å². The van der Waals surface area contributed by atoms with Crippen molar-refractivity contribution in [1.29, 1.82) is 0 Å². The Kier molecular flexibility index (Phi) is 4.63. The lowest BCUT2D eigenvalue weighted by atomic mass is 9.65. The molecule has 128 valence electrons. The molecule has 0 spiro atoms. The van der Waals surface area contributed by atoms with E-state index in [9.17, 15) is 10.1 Å². The zero-order valence-electron chi connectivity index (χ0n) is 14.5. The summed E-state index contributed by atoms with van der Waals surface area (Å²) in [4.78, 5) is 17.1. The predicted molar refractivity (Wildman–Crippen MR) is 89.4 cm³/mol. The maximum atomic E-state index is 10.7. The van der Waals surface area contributed by atoms with E-state index < -0.39 is 4.92 Å². The van der Waals surface area contributed by atoms with Crippen molar-refractivity contribution in [2.75, 3.05) is 19.6 Å². The zero-order valence-corrected chi connectivity index (χ0v) is 14.5. The summed E-state index contributed by atoms with van der Waals surface area (Å²) in [5.41, 5.74) is 0.288. The normalized spacial score (nSPS) is 19.3. The van der Waals surface area contributed by atoms with Gasteiger partial charge in [-0.3, -0.25) is 19.8 Å². The summed E-state index contributed by atoms with van der Waals surface area (Å²) >= 11 is 0. The molecule has 0 aliphatic carbocycles. The topological polar surface area (TPSA) is 88.6 Å². The SMILES string of the molecule is CCNC(=NCCn1cc([N+](=O)[O-])cn1)N1CC(C)(C)C1(C)C. The Balaban J connectivity index is 2.01. The minimum atomic E-state index is -0.443. The number of guanidine groups is 1. The fourth-order valence-electron chi connectivity index (χ4n) is 2.62. The molecule has 1 fully saturated rings. The number of aliphatic imine (C=N–C) groups is 1. The summed E-state index contributed by atoms with van der Waals surface area (Å²) in [5, 5.41) is 18.0. The van der Waals surface area contributed by atoms with Gasteiger partial charge >= 0.3 is 5.69 Å². The van der Waals surface area contributed by atoms with Gasteiger partial charge in [0, 0.05) is 24.0 Å². The largest absolute Gasteiger partial charge is 0.356 e. The number of aromatic nitrogens is 2. The number of nitrogens with one attached hydrogen (secondary N) is 1. The minimum absolute atomic E-state index is 0.00603. The molecule has 1 N–H and O–H groups in total. The van der Waals surface area contributed by atoms with Crippen molar-refractivity contribution in [3.63, 3.8) is 0 Å². The van der Waals surface area contributed by atoms with Gasteiger partial charge < -0.3 is 10.2 Å². The highest BCUT2D eigenvalue weighted by atomic mass is 16.6. The fraction of sp³-hybridized carbons (Fsp3) is 0.733. The number of nitrogens with zero attached hydrogens (tertiary/aromatic N) is 5. The molecule has 1 saturated heterocycles. The average molecular weight is 322 g/mol. The van der Waals surface area contributed by atoms with Gasteiger partial charge in [0.25, 0.3) is 0 Å². The van der Waals surface area contributed by atoms with Crippen LogP contribution in [0.15, 0.2) is 17.4 Å². The molecule has 0 atom stereocenters. The third kappa shape index (κ3) is 3.30. The lowest BCUT2D eigenvalue weighted by molar-refractivity contribution is -0.385. The van der Waals surface area contributed by atoms with Crippen LogP contribution in [0, 0.1) is 15.5 Å². The Morgan fingerprint density at radius 3 is 2.65 bits per heavy atom. The Morgan fingerprint density at radius 1 is 1.48 bits per heavy atom. The first kappa shape index (κ1) is 17.2. The molecule has 0 radical (unpaired) electrons. The van der Waals surface area contributed by atoms with Crippen LogP contribution in [0.2, 0.25) is 0 Å². The molecule has 1 aliphatic rings. The summed E-state index contributed by atoms with van der Waals surface area (Å²) in [5.74, 6) is 0.887. The van der Waals surface area contributed by atoms with Crippen LogP contribution in [-0.2, 0) is 6.54 Å². The van der Waals surface area contributed by atoms with E-state index in [1.807, 2.05) is 6.92 Å². The monoisotopic (exact) mass is 322 g/mol. The van der Waals surface area contributed by atoms with Crippen molar-refractivity contribution in [2.24, 2.45) is 10.4 Å². The molecule has 2 rings (SSSR count). The van der Waals surface area contributed by atoms with Gasteiger partial charge in [-0.05, 0) is 20.8 Å². The first-order chi connectivity index (χ1) is 10.7. The van der Waals surface area contributed by atoms with E-state index in [2.05, 4.69) is 48.0 Å². The maximum absolute atomic E-state index is 10.7. The first-order valence-corrected chi connectivity index (χ1v) is 7.92. The van der Waals surface area contributed by atoms with Gasteiger partial charge in [-0.25, -0.2) is 0 Å². The molecular weight excluding hydrogens is 296 g/mol. The van der Waals surface area contributed by atoms with Crippen molar-refractivity contribution < 1.29 is 4.92 Å². The van der Waals surface area contributed by atoms with Gasteiger partial charge in [0.1, 0.15) is 12.4 Å². The van der Waals surface area contributed by atoms with Crippen LogP contribution in [-0.4, -0.2) is 50.7 Å². The molecule has 0 saturated carbocycles. The second-order valence-electron chi connectivity index (χ2n) is 6.98. The Bertz CT molecular complexity index is 605. The second-order valence-corrected chi connectivity index (χ2v) is 6.98. The van der Waals surface area contributed by atoms with Gasteiger partial charge in [0.2, 0.25) is 0 Å². The summed E-state index contributed by atoms with van der Waals surface area (Å²) in [6.07, 6.45) is 2.69. The van der Waals surface area contributed by atoms with Crippen molar-refractivity contribution in [2.45, 2.75) is 46.7 Å². The first-order valence-electron chi connectivity index (χ1n) is 7.92. The molecule has 2 heterocycles. The minimum Gasteiger partial charge on any atom is -0.356 e. The van der Waals surface area contributed by atoms with Crippen LogP contribution in [0.5, 0.6) is 0 Å². The Labute approximate surface area is 136 Å². The summed E-state index contributed by atoms with van der Waals surface area (Å²) in [7, 11) is 0.